The highest BCUT2D eigenvalue weighted by Crippen LogP contribution is 2.67. The number of aromatic nitrogens is 11. The van der Waals surface area contributed by atoms with Crippen molar-refractivity contribution in [3.05, 3.63) is 151 Å². The van der Waals surface area contributed by atoms with Crippen molar-refractivity contribution in [3.63, 3.8) is 0 Å². The van der Waals surface area contributed by atoms with E-state index in [4.69, 9.17) is 30.0 Å². The van der Waals surface area contributed by atoms with E-state index in [2.05, 4.69) is 97.8 Å². The van der Waals surface area contributed by atoms with Gasteiger partial charge in [0, 0.05) is 132 Å². The quantitative estimate of drug-likeness (QED) is 0.0626. The lowest BCUT2D eigenvalue weighted by Gasteiger charge is -2.59. The minimum Gasteiger partial charge on any atom is -0.523 e. The molecule has 0 amide bonds. The zero-order chi connectivity index (χ0) is 102. The van der Waals surface area contributed by atoms with Crippen molar-refractivity contribution in [3.8, 4) is 0 Å². The number of ketones is 3. The summed E-state index contributed by atoms with van der Waals surface area (Å²) in [6.07, 6.45) is 4.47. The Kier molecular flexibility index (Phi) is 26.5. The van der Waals surface area contributed by atoms with E-state index in [0.717, 1.165) is 169 Å². The van der Waals surface area contributed by atoms with Gasteiger partial charge in [-0.15, -0.1) is 0 Å². The molecule has 0 unspecified atom stereocenters. The van der Waals surface area contributed by atoms with E-state index in [-0.39, 0.29) is 96.8 Å². The summed E-state index contributed by atoms with van der Waals surface area (Å²) in [5.74, 6) is 1.07. The fourth-order valence-corrected chi connectivity index (χ4v) is 29.2. The van der Waals surface area contributed by atoms with Gasteiger partial charge in [0.05, 0.1) is 80.2 Å². The second kappa shape index (κ2) is 35.3. The molecule has 6 aromatic rings. The first-order valence-corrected chi connectivity index (χ1v) is 48.3. The van der Waals surface area contributed by atoms with E-state index in [1.54, 1.807) is 18.6 Å². The summed E-state index contributed by atoms with van der Waals surface area (Å²) in [5, 5.41) is 54.6. The van der Waals surface area contributed by atoms with Crippen LogP contribution < -0.4 is 0 Å². The molecule has 2 spiro atoms. The summed E-state index contributed by atoms with van der Waals surface area (Å²) < 4.78 is 225. The monoisotopic (exact) mass is 1970 g/mol. The van der Waals surface area contributed by atoms with Gasteiger partial charge in [0.25, 0.3) is 0 Å². The summed E-state index contributed by atoms with van der Waals surface area (Å²) in [6.45, 7) is 41.2. The summed E-state index contributed by atoms with van der Waals surface area (Å²) >= 11 is 0. The van der Waals surface area contributed by atoms with Crippen LogP contribution in [0, 0.1) is 74.6 Å². The van der Waals surface area contributed by atoms with Crippen molar-refractivity contribution in [2.75, 3.05) is 26.4 Å². The first-order chi connectivity index (χ1) is 64.1. The van der Waals surface area contributed by atoms with Crippen LogP contribution in [0.2, 0.25) is 0 Å². The lowest BCUT2D eigenvalue weighted by Crippen LogP contribution is -2.61. The number of aliphatic hydroxyl groups excluding tert-OH is 3. The van der Waals surface area contributed by atoms with Gasteiger partial charge < -0.3 is 38.8 Å². The Bertz CT molecular complexity index is 5810. The minimum absolute atomic E-state index is 0.0251. The SMILES string of the molecule is CC1(C)C(=O)/C(=C\O)C[C@]2(C)c3nn(CC(F)(F)F)cc3CC[C@@H]12.CC1(C)C(=O)CC[C@]2(C)c3nn(CC(F)(F)F)cc3CC[C@@H]12.CC1(C)[C@@H]2CC/C(=C\O)C(=O)[C@@]2(C)CCC12OCCO2.CC1(C)[C@@H]2CCc3cn(CC(F)(F)F)nc3[C@@]2(C)CCC12OCCO2.CC1(C)c2oncc2C[C@]2(C)c3nn(CC(F)(F)F)cc3CC[C@@H]12.[C-]#[N+]C1=C(O)C(C)(C)[C@@H]2CCc3cn(CC(F)(F)F)nc3[C@@]2(C)C1. The molecule has 23 nitrogen and oxygen atoms in total. The first-order valence-electron chi connectivity index (χ1n) is 48.3. The molecule has 0 aromatic carbocycles. The molecule has 6 aromatic heterocycles. The Morgan fingerprint density at radius 1 is 0.374 bits per heavy atom. The van der Waals surface area contributed by atoms with E-state index in [1.807, 2.05) is 62.3 Å². The number of nitrogens with zero attached hydrogens (tertiary/aromatic N) is 12. The lowest BCUT2D eigenvalue weighted by molar-refractivity contribution is -0.281. The van der Waals surface area contributed by atoms with Crippen LogP contribution in [0.15, 0.2) is 76.8 Å². The number of aryl methyl sites for hydroxylation is 5. The fourth-order valence-electron chi connectivity index (χ4n) is 29.2. The molecule has 14 aliphatic rings. The van der Waals surface area contributed by atoms with Crippen LogP contribution >= 0.6 is 0 Å². The molecule has 2 aliphatic heterocycles. The number of fused-ring (bicyclic) bond motifs is 17. The van der Waals surface area contributed by atoms with Crippen LogP contribution in [0.4, 0.5) is 65.9 Å². The van der Waals surface area contributed by atoms with Gasteiger partial charge in [-0.05, 0) is 179 Å². The molecule has 38 heteroatoms. The fraction of sp³-hybridized carbons (Fsp3) is 0.723. The van der Waals surface area contributed by atoms with E-state index in [0.29, 0.717) is 107 Å². The Morgan fingerprint density at radius 2 is 0.691 bits per heavy atom. The zero-order valence-corrected chi connectivity index (χ0v) is 82.4. The first kappa shape index (κ1) is 104. The van der Waals surface area contributed by atoms with E-state index in [1.165, 1.54) is 18.6 Å². The lowest BCUT2D eigenvalue weighted by atomic mass is 9.48. The molecule has 3 N–H and O–H groups in total. The molecular formula is C101H131F15N12O11. The van der Waals surface area contributed by atoms with Gasteiger partial charge in [-0.3, -0.25) is 37.8 Å². The molecule has 139 heavy (non-hydrogen) atoms. The van der Waals surface area contributed by atoms with Gasteiger partial charge in [0.2, 0.25) is 5.70 Å². The van der Waals surface area contributed by atoms with Gasteiger partial charge in [-0.1, -0.05) is 130 Å². The predicted molar refractivity (Wildman–Crippen MR) is 479 cm³/mol. The molecule has 8 heterocycles. The molecule has 12 aliphatic carbocycles. The normalized spacial score (nSPS) is 32.0. The van der Waals surface area contributed by atoms with Crippen molar-refractivity contribution in [2.45, 2.75) is 367 Å². The number of hydrogen-bond acceptors (Lipinski definition) is 17. The van der Waals surface area contributed by atoms with Crippen molar-refractivity contribution >= 4 is 17.3 Å². The number of aliphatic hydroxyl groups is 3. The number of allylic oxidation sites excluding steroid dienone is 4. The summed E-state index contributed by atoms with van der Waals surface area (Å²) in [5.41, 5.74) is 5.64. The second-order valence-electron chi connectivity index (χ2n) is 46.4. The highest BCUT2D eigenvalue weighted by Gasteiger charge is 2.68. The number of rotatable bonds is 5. The van der Waals surface area contributed by atoms with Crippen LogP contribution in [-0.2, 0) is 137 Å². The van der Waals surface area contributed by atoms with Gasteiger partial charge in [-0.2, -0.15) is 91.3 Å². The smallest absolute Gasteiger partial charge is 0.408 e. The maximum absolute atomic E-state index is 12.8. The number of halogens is 15. The number of carbonyl (C=O) groups is 3. The maximum Gasteiger partial charge on any atom is 0.408 e. The third-order valence-corrected chi connectivity index (χ3v) is 35.6. The van der Waals surface area contributed by atoms with Crippen LogP contribution in [0.5, 0.6) is 0 Å². The second-order valence-corrected chi connectivity index (χ2v) is 46.4. The standard InChI is InChI=1S/C18H25F3N2O2.2C17H20F3N3O.C17H21F3N2O2.C16H21F3N2O.C16H24O4/c1-15(2)13-5-4-12-10-23(11-18(19,20)21)22-14(12)16(13,3)6-7-17(15)24-8-9-25-17;1-15(2)12-5-4-10-8-23(9-17(18,19)20)22-13(10)16(12,3)6-11-7-21-24-14(11)15;1-15(2)12-6-5-10-8-23(9-17(18,19)20)22-13(10)16(12,3)7-11(21-4)14(15)24;1-15(2)12-5-4-10-7-22(9-17(18,19)20)21-13(10)16(12,3)6-11(8-23)14(15)24;1-14(2)11-5-4-10-8-21(9-16(17,18)19)20-13(10)15(11,3)7-6-12(14)22;1-14(2)12-5-4-11(10-17)13(18)15(12,3)6-7-16(14)19-8-9-20-16/h10,13H,4-9,11H2,1-3H3;7-8,12H,4-6,9H2,1-3H3;8,12,24H,5-7,9H2,1-3H3;7-8,12,23H,4-6,9H2,1-3H3;8,11H,4-7,9H2,1-3H3;10,12,17H,4-9H2,1-3H3/b;;;11-8-;;11-10+/t13-,16-;3*12-,16-;11-,15-;12-,15-/m000000/s1. The number of ether oxygens (including phenoxy) is 4. The number of alkyl halides is 15. The molecule has 5 saturated carbocycles. The van der Waals surface area contributed by atoms with Crippen LogP contribution in [0.1, 0.15) is 289 Å². The zero-order valence-electron chi connectivity index (χ0n) is 82.4. The third kappa shape index (κ3) is 18.4. The Morgan fingerprint density at radius 3 is 1.06 bits per heavy atom. The number of carbonyl (C=O) groups excluding carboxylic acids is 3. The van der Waals surface area contributed by atoms with Gasteiger partial charge in [0.15, 0.2) is 23.1 Å². The van der Waals surface area contributed by atoms with Gasteiger partial charge in [-0.25, -0.2) is 4.85 Å². The molecule has 0 radical (unpaired) electrons. The number of Topliss-reactive ketones (excluding diaryl/α,β-unsaturated/α-hetero) is 3. The van der Waals surface area contributed by atoms with Crippen molar-refractivity contribution in [1.29, 1.82) is 0 Å². The highest BCUT2D eigenvalue weighted by atomic mass is 19.4. The molecule has 20 rings (SSSR count). The molecule has 0 bridgehead atoms. The van der Waals surface area contributed by atoms with Crippen molar-refractivity contribution < 1.29 is 119 Å². The molecule has 12 atom stereocenters. The number of hydrogen-bond donors (Lipinski definition) is 3. The molecular weight excluding hydrogens is 1840 g/mol. The van der Waals surface area contributed by atoms with Crippen LogP contribution in [0.3, 0.4) is 0 Å². The van der Waals surface area contributed by atoms with Crippen LogP contribution in [-0.4, -0.2) is 156 Å². The van der Waals surface area contributed by atoms with E-state index < -0.39 is 108 Å². The highest BCUT2D eigenvalue weighted by molar-refractivity contribution is 6.01. The summed E-state index contributed by atoms with van der Waals surface area (Å²) in [4.78, 5) is 41.0. The van der Waals surface area contributed by atoms with Crippen molar-refractivity contribution in [1.82, 2.24) is 54.1 Å². The Balaban J connectivity index is 0.000000126. The van der Waals surface area contributed by atoms with Crippen LogP contribution in [0.25, 0.3) is 4.85 Å². The van der Waals surface area contributed by atoms with E-state index in [9.17, 15) is 95.6 Å². The Hall–Kier alpha value is -8.83. The maximum atomic E-state index is 12.8. The molecule has 7 fully saturated rings. The Labute approximate surface area is 799 Å². The van der Waals surface area contributed by atoms with E-state index >= 15 is 0 Å². The predicted octanol–water partition coefficient (Wildman–Crippen LogP) is 22.3. The summed E-state index contributed by atoms with van der Waals surface area (Å²) in [6, 6.07) is 0. The minimum atomic E-state index is -4.33. The van der Waals surface area contributed by atoms with Crippen molar-refractivity contribution in [2.24, 2.45) is 68.0 Å². The molecule has 766 valence electrons. The van der Waals surface area contributed by atoms with Gasteiger partial charge >= 0.3 is 30.9 Å². The average molecular weight is 1970 g/mol. The third-order valence-electron chi connectivity index (χ3n) is 35.6. The van der Waals surface area contributed by atoms with Gasteiger partial charge in [0.1, 0.15) is 50.0 Å². The molecule has 2 saturated heterocycles. The average Bonchev–Trinajstić information content (AvgIpc) is 1.66. The largest absolute Gasteiger partial charge is 0.523 e. The topological polar surface area (TPSA) is 268 Å². The summed E-state index contributed by atoms with van der Waals surface area (Å²) in [7, 11) is 0.